The number of carbonyl (C=O) groups excluding carboxylic acids is 2. The molecule has 0 saturated carbocycles. The Morgan fingerprint density at radius 3 is 2.79 bits per heavy atom. The van der Waals surface area contributed by atoms with Crippen molar-refractivity contribution < 1.29 is 9.59 Å². The van der Waals surface area contributed by atoms with Gasteiger partial charge in [0.2, 0.25) is 11.8 Å². The number of piperazine rings is 1. The van der Waals surface area contributed by atoms with Gasteiger partial charge < -0.3 is 10.2 Å². The molecule has 1 aromatic heterocycles. The Kier molecular flexibility index (Phi) is 4.19. The number of nitrogens with one attached hydrogen (secondary N) is 1. The lowest BCUT2D eigenvalue weighted by Gasteiger charge is -2.37. The first-order chi connectivity index (χ1) is 9.13. The van der Waals surface area contributed by atoms with Gasteiger partial charge in [-0.2, -0.15) is 5.10 Å². The number of carbonyl (C=O) groups is 2. The van der Waals surface area contributed by atoms with Gasteiger partial charge in [-0.25, -0.2) is 0 Å². The molecule has 1 N–H and O–H groups in total. The lowest BCUT2D eigenvalue weighted by molar-refractivity contribution is -0.149. The number of aromatic nitrogens is 2. The molecule has 0 radical (unpaired) electrons. The first-order valence-corrected chi connectivity index (χ1v) is 6.71. The van der Waals surface area contributed by atoms with Gasteiger partial charge >= 0.3 is 0 Å². The van der Waals surface area contributed by atoms with Crippen LogP contribution in [0.5, 0.6) is 0 Å². The Bertz CT molecular complexity index is 444. The van der Waals surface area contributed by atoms with Gasteiger partial charge in [-0.15, -0.1) is 0 Å². The SMILES string of the molecule is CCCC1C(=O)NC(C)C(=O)N1CCn1cccn1. The Hall–Kier alpha value is -1.85. The summed E-state index contributed by atoms with van der Waals surface area (Å²) in [4.78, 5) is 25.9. The van der Waals surface area contributed by atoms with Crippen LogP contribution in [-0.4, -0.2) is 45.1 Å². The minimum absolute atomic E-state index is 0.00907. The van der Waals surface area contributed by atoms with Crippen LogP contribution in [0, 0.1) is 0 Å². The Morgan fingerprint density at radius 2 is 2.16 bits per heavy atom. The van der Waals surface area contributed by atoms with Crippen molar-refractivity contribution in [2.75, 3.05) is 6.54 Å². The van der Waals surface area contributed by atoms with E-state index in [0.29, 0.717) is 19.5 Å². The lowest BCUT2D eigenvalue weighted by atomic mass is 10.0. The van der Waals surface area contributed by atoms with E-state index in [1.165, 1.54) is 0 Å². The highest BCUT2D eigenvalue weighted by Gasteiger charge is 2.37. The van der Waals surface area contributed by atoms with E-state index >= 15 is 0 Å². The quantitative estimate of drug-likeness (QED) is 0.837. The predicted molar refractivity (Wildman–Crippen MR) is 70.2 cm³/mol. The van der Waals surface area contributed by atoms with E-state index in [2.05, 4.69) is 10.4 Å². The summed E-state index contributed by atoms with van der Waals surface area (Å²) in [6.45, 7) is 4.87. The van der Waals surface area contributed by atoms with Crippen molar-refractivity contribution >= 4 is 11.8 Å². The molecule has 2 heterocycles. The maximum atomic E-state index is 12.2. The average Bonchev–Trinajstić information content (AvgIpc) is 2.88. The zero-order valence-electron chi connectivity index (χ0n) is 11.4. The third-order valence-corrected chi connectivity index (χ3v) is 3.38. The number of hydrogen-bond acceptors (Lipinski definition) is 3. The van der Waals surface area contributed by atoms with E-state index in [9.17, 15) is 9.59 Å². The minimum atomic E-state index is -0.432. The van der Waals surface area contributed by atoms with Crippen LogP contribution in [0.2, 0.25) is 0 Å². The zero-order chi connectivity index (χ0) is 13.8. The van der Waals surface area contributed by atoms with Crippen LogP contribution in [0.15, 0.2) is 18.5 Å². The van der Waals surface area contributed by atoms with Crippen LogP contribution in [0.1, 0.15) is 26.7 Å². The molecule has 0 aromatic carbocycles. The Balaban J connectivity index is 2.07. The maximum Gasteiger partial charge on any atom is 0.245 e. The second-order valence-electron chi connectivity index (χ2n) is 4.84. The molecule has 1 fully saturated rings. The first kappa shape index (κ1) is 13.6. The number of rotatable bonds is 5. The van der Waals surface area contributed by atoms with Crippen molar-refractivity contribution in [2.24, 2.45) is 0 Å². The fourth-order valence-corrected chi connectivity index (χ4v) is 2.38. The van der Waals surface area contributed by atoms with E-state index in [1.807, 2.05) is 19.2 Å². The van der Waals surface area contributed by atoms with Gasteiger partial charge in [-0.1, -0.05) is 13.3 Å². The number of amides is 2. The molecule has 2 amide bonds. The number of hydrogen-bond donors (Lipinski definition) is 1. The van der Waals surface area contributed by atoms with Crippen molar-refractivity contribution in [1.82, 2.24) is 20.0 Å². The molecule has 104 valence electrons. The summed E-state index contributed by atoms with van der Waals surface area (Å²) in [5, 5.41) is 6.85. The third kappa shape index (κ3) is 2.94. The summed E-state index contributed by atoms with van der Waals surface area (Å²) in [6, 6.07) is 1.07. The van der Waals surface area contributed by atoms with E-state index < -0.39 is 6.04 Å². The molecular weight excluding hydrogens is 244 g/mol. The predicted octanol–water partition coefficient (Wildman–Crippen LogP) is 0.399. The van der Waals surface area contributed by atoms with Crippen molar-refractivity contribution in [2.45, 2.75) is 45.3 Å². The van der Waals surface area contributed by atoms with Crippen molar-refractivity contribution in [3.05, 3.63) is 18.5 Å². The molecule has 19 heavy (non-hydrogen) atoms. The molecule has 0 spiro atoms. The van der Waals surface area contributed by atoms with Crippen molar-refractivity contribution in [3.8, 4) is 0 Å². The van der Waals surface area contributed by atoms with E-state index in [-0.39, 0.29) is 17.9 Å². The summed E-state index contributed by atoms with van der Waals surface area (Å²) in [5.74, 6) is -0.0559. The fraction of sp³-hybridized carbons (Fsp3) is 0.615. The highest BCUT2D eigenvalue weighted by Crippen LogP contribution is 2.14. The van der Waals surface area contributed by atoms with Crippen LogP contribution in [0.25, 0.3) is 0 Å². The van der Waals surface area contributed by atoms with Gasteiger partial charge in [-0.3, -0.25) is 14.3 Å². The van der Waals surface area contributed by atoms with Gasteiger partial charge in [-0.05, 0) is 19.4 Å². The molecule has 1 aliphatic heterocycles. The molecule has 1 aromatic rings. The van der Waals surface area contributed by atoms with Crippen LogP contribution >= 0.6 is 0 Å². The molecule has 2 unspecified atom stereocenters. The highest BCUT2D eigenvalue weighted by molar-refractivity contribution is 5.96. The summed E-state index contributed by atoms with van der Waals surface area (Å²) in [6.07, 6.45) is 5.13. The van der Waals surface area contributed by atoms with Crippen molar-refractivity contribution in [1.29, 1.82) is 0 Å². The van der Waals surface area contributed by atoms with Crippen LogP contribution in [0.4, 0.5) is 0 Å². The highest BCUT2D eigenvalue weighted by atomic mass is 16.2. The topological polar surface area (TPSA) is 67.2 Å². The summed E-state index contributed by atoms with van der Waals surface area (Å²) in [5.41, 5.74) is 0. The van der Waals surface area contributed by atoms with Gasteiger partial charge in [0.25, 0.3) is 0 Å². The van der Waals surface area contributed by atoms with E-state index in [1.54, 1.807) is 22.7 Å². The maximum absolute atomic E-state index is 12.2. The molecular formula is C13H20N4O2. The molecule has 0 aliphatic carbocycles. The van der Waals surface area contributed by atoms with Crippen LogP contribution < -0.4 is 5.32 Å². The van der Waals surface area contributed by atoms with Gasteiger partial charge in [0.1, 0.15) is 12.1 Å². The van der Waals surface area contributed by atoms with Gasteiger partial charge in [0, 0.05) is 18.9 Å². The monoisotopic (exact) mass is 264 g/mol. The van der Waals surface area contributed by atoms with Crippen molar-refractivity contribution in [3.63, 3.8) is 0 Å². The molecule has 1 aliphatic rings. The Morgan fingerprint density at radius 1 is 1.37 bits per heavy atom. The molecule has 6 nitrogen and oxygen atoms in total. The summed E-state index contributed by atoms with van der Waals surface area (Å²) >= 11 is 0. The smallest absolute Gasteiger partial charge is 0.245 e. The fourth-order valence-electron chi connectivity index (χ4n) is 2.38. The lowest BCUT2D eigenvalue weighted by Crippen LogP contribution is -2.62. The zero-order valence-corrected chi connectivity index (χ0v) is 11.4. The van der Waals surface area contributed by atoms with E-state index in [4.69, 9.17) is 0 Å². The van der Waals surface area contributed by atoms with E-state index in [0.717, 1.165) is 6.42 Å². The summed E-state index contributed by atoms with van der Waals surface area (Å²) < 4.78 is 1.77. The molecule has 0 bridgehead atoms. The minimum Gasteiger partial charge on any atom is -0.343 e. The van der Waals surface area contributed by atoms with Crippen LogP contribution in [0.3, 0.4) is 0 Å². The Labute approximate surface area is 112 Å². The molecule has 2 rings (SSSR count). The van der Waals surface area contributed by atoms with Gasteiger partial charge in [0.05, 0.1) is 6.54 Å². The van der Waals surface area contributed by atoms with Crippen LogP contribution in [-0.2, 0) is 16.1 Å². The van der Waals surface area contributed by atoms with Gasteiger partial charge in [0.15, 0.2) is 0 Å². The normalized spacial score (nSPS) is 23.6. The largest absolute Gasteiger partial charge is 0.343 e. The molecule has 6 heteroatoms. The second-order valence-corrected chi connectivity index (χ2v) is 4.84. The number of nitrogens with zero attached hydrogens (tertiary/aromatic N) is 3. The third-order valence-electron chi connectivity index (χ3n) is 3.38. The average molecular weight is 264 g/mol. The standard InChI is InChI=1S/C13H20N4O2/c1-3-5-11-12(18)15-10(2)13(19)17(11)9-8-16-7-4-6-14-16/h4,6-7,10-11H,3,5,8-9H2,1-2H3,(H,15,18). The first-order valence-electron chi connectivity index (χ1n) is 6.71. The summed E-state index contributed by atoms with van der Waals surface area (Å²) in [7, 11) is 0. The molecule has 2 atom stereocenters. The molecule has 1 saturated heterocycles. The second kappa shape index (κ2) is 5.86.